The second-order valence-corrected chi connectivity index (χ2v) is 7.87. The molecule has 4 rings (SSSR count). The van der Waals surface area contributed by atoms with Crippen LogP contribution in [0.5, 0.6) is 0 Å². The van der Waals surface area contributed by atoms with Gasteiger partial charge in [0, 0.05) is 37.4 Å². The number of nitriles is 1. The summed E-state index contributed by atoms with van der Waals surface area (Å²) in [6.07, 6.45) is 4.40. The van der Waals surface area contributed by atoms with Gasteiger partial charge in [-0.25, -0.2) is 4.98 Å². The van der Waals surface area contributed by atoms with Crippen molar-refractivity contribution in [3.8, 4) is 6.07 Å². The van der Waals surface area contributed by atoms with E-state index in [-0.39, 0.29) is 24.4 Å². The van der Waals surface area contributed by atoms with Gasteiger partial charge in [0.15, 0.2) is 0 Å². The van der Waals surface area contributed by atoms with Gasteiger partial charge in [-0.2, -0.15) is 5.26 Å². The van der Waals surface area contributed by atoms with Crippen LogP contribution >= 0.6 is 24.0 Å². The Hall–Kier alpha value is -2.85. The van der Waals surface area contributed by atoms with Crippen LogP contribution in [0, 0.1) is 11.3 Å². The fourth-order valence-electron chi connectivity index (χ4n) is 3.64. The van der Waals surface area contributed by atoms with E-state index < -0.39 is 0 Å². The predicted octanol–water partition coefficient (Wildman–Crippen LogP) is 3.77. The van der Waals surface area contributed by atoms with E-state index >= 15 is 0 Å². The number of halogens is 2. The maximum Gasteiger partial charge on any atom is 0.240 e. The Morgan fingerprint density at radius 3 is 2.48 bits per heavy atom. The molecule has 1 amide bonds. The zero-order valence-electron chi connectivity index (χ0n) is 16.9. The molecule has 0 aliphatic carbocycles. The average molecular weight is 456 g/mol. The molecule has 0 radical (unpaired) electrons. The van der Waals surface area contributed by atoms with Gasteiger partial charge in [0.05, 0.1) is 29.7 Å². The van der Waals surface area contributed by atoms with E-state index in [2.05, 4.69) is 20.9 Å². The highest BCUT2D eigenvalue weighted by molar-refractivity contribution is 6.30. The molecule has 1 atom stereocenters. The van der Waals surface area contributed by atoms with E-state index in [9.17, 15) is 4.79 Å². The summed E-state index contributed by atoms with van der Waals surface area (Å²) in [7, 11) is 0. The van der Waals surface area contributed by atoms with Crippen molar-refractivity contribution in [2.24, 2.45) is 0 Å². The monoisotopic (exact) mass is 455 g/mol. The molecule has 2 aromatic carbocycles. The fourth-order valence-corrected chi connectivity index (χ4v) is 3.77. The van der Waals surface area contributed by atoms with Gasteiger partial charge in [-0.1, -0.05) is 35.9 Å². The second kappa shape index (κ2) is 10.5. The first kappa shape index (κ1) is 22.8. The highest BCUT2D eigenvalue weighted by Gasteiger charge is 2.31. The quantitative estimate of drug-likeness (QED) is 0.588. The summed E-state index contributed by atoms with van der Waals surface area (Å²) in [5.74, 6) is 0.128. The van der Waals surface area contributed by atoms with Crippen molar-refractivity contribution in [3.05, 3.63) is 88.5 Å². The zero-order chi connectivity index (χ0) is 20.9. The molecule has 6 nitrogen and oxygen atoms in total. The number of benzene rings is 2. The van der Waals surface area contributed by atoms with E-state index in [0.29, 0.717) is 30.2 Å². The number of hydrogen-bond donors (Lipinski definition) is 1. The van der Waals surface area contributed by atoms with Crippen molar-refractivity contribution in [3.63, 3.8) is 0 Å². The maximum atomic E-state index is 12.8. The van der Waals surface area contributed by atoms with Crippen LogP contribution in [0.25, 0.3) is 0 Å². The molecule has 1 aliphatic heterocycles. The third-order valence-electron chi connectivity index (χ3n) is 5.35. The van der Waals surface area contributed by atoms with Crippen LogP contribution in [0.15, 0.2) is 61.1 Å². The van der Waals surface area contributed by atoms with E-state index in [4.69, 9.17) is 16.9 Å². The van der Waals surface area contributed by atoms with Crippen molar-refractivity contribution >= 4 is 29.9 Å². The van der Waals surface area contributed by atoms with E-state index in [1.165, 1.54) is 0 Å². The molecule has 31 heavy (non-hydrogen) atoms. The van der Waals surface area contributed by atoms with E-state index in [0.717, 1.165) is 29.8 Å². The third-order valence-corrected chi connectivity index (χ3v) is 5.60. The number of carbonyl (C=O) groups excluding carboxylic acids is 1. The van der Waals surface area contributed by atoms with Gasteiger partial charge < -0.3 is 14.8 Å². The van der Waals surface area contributed by atoms with E-state index in [1.54, 1.807) is 6.33 Å². The van der Waals surface area contributed by atoms with E-state index in [1.807, 2.05) is 59.6 Å². The van der Waals surface area contributed by atoms with Crippen LogP contribution in [0.1, 0.15) is 28.8 Å². The number of nitrogens with zero attached hydrogens (tertiary/aromatic N) is 4. The molecule has 1 aromatic heterocycles. The molecule has 2 heterocycles. The average Bonchev–Trinajstić information content (AvgIpc) is 3.35. The SMILES string of the molecule is Cl.N#Cc1ccc(Cn2cncc2CN[C@H]2CCN(Cc3ccc(Cl)cc3)C2=O)cc1. The number of carbonyl (C=O) groups is 1. The minimum Gasteiger partial charge on any atom is -0.337 e. The summed E-state index contributed by atoms with van der Waals surface area (Å²) >= 11 is 5.94. The van der Waals surface area contributed by atoms with Gasteiger partial charge in [-0.3, -0.25) is 4.79 Å². The lowest BCUT2D eigenvalue weighted by atomic mass is 10.1. The smallest absolute Gasteiger partial charge is 0.240 e. The molecule has 0 bridgehead atoms. The summed E-state index contributed by atoms with van der Waals surface area (Å²) in [5.41, 5.74) is 3.84. The Kier molecular flexibility index (Phi) is 7.69. The lowest BCUT2D eigenvalue weighted by Crippen LogP contribution is -2.38. The number of aromatic nitrogens is 2. The molecule has 8 heteroatoms. The van der Waals surface area contributed by atoms with Crippen LogP contribution < -0.4 is 5.32 Å². The molecule has 0 unspecified atom stereocenters. The summed E-state index contributed by atoms with van der Waals surface area (Å²) < 4.78 is 2.05. The normalized spacial score (nSPS) is 15.5. The largest absolute Gasteiger partial charge is 0.337 e. The molecule has 0 saturated carbocycles. The first-order chi connectivity index (χ1) is 14.6. The summed E-state index contributed by atoms with van der Waals surface area (Å²) in [6.45, 7) is 2.58. The highest BCUT2D eigenvalue weighted by atomic mass is 35.5. The van der Waals surface area contributed by atoms with Gasteiger partial charge in [-0.05, 0) is 41.8 Å². The Bertz CT molecular complexity index is 1060. The summed E-state index contributed by atoms with van der Waals surface area (Å²) in [5, 5.41) is 13.0. The van der Waals surface area contributed by atoms with Gasteiger partial charge in [0.1, 0.15) is 0 Å². The molecular formula is C23H23Cl2N5O. The van der Waals surface area contributed by atoms with Crippen molar-refractivity contribution in [2.75, 3.05) is 6.54 Å². The topological polar surface area (TPSA) is 74.0 Å². The van der Waals surface area contributed by atoms with Crippen molar-refractivity contribution in [1.82, 2.24) is 19.8 Å². The van der Waals surface area contributed by atoms with Crippen LogP contribution in [0.3, 0.4) is 0 Å². The lowest BCUT2D eigenvalue weighted by Gasteiger charge is -2.17. The number of hydrogen-bond acceptors (Lipinski definition) is 4. The Morgan fingerprint density at radius 1 is 1.10 bits per heavy atom. The Labute approximate surface area is 192 Å². The molecule has 0 spiro atoms. The molecular weight excluding hydrogens is 433 g/mol. The highest BCUT2D eigenvalue weighted by Crippen LogP contribution is 2.17. The van der Waals surface area contributed by atoms with Crippen LogP contribution in [0.2, 0.25) is 5.02 Å². The zero-order valence-corrected chi connectivity index (χ0v) is 18.4. The number of imidazole rings is 1. The maximum absolute atomic E-state index is 12.8. The molecule has 1 N–H and O–H groups in total. The van der Waals surface area contributed by atoms with Crippen LogP contribution in [0.4, 0.5) is 0 Å². The van der Waals surface area contributed by atoms with Crippen molar-refractivity contribution in [1.29, 1.82) is 5.26 Å². The van der Waals surface area contributed by atoms with Crippen LogP contribution in [-0.4, -0.2) is 32.9 Å². The van der Waals surface area contributed by atoms with Gasteiger partial charge in [-0.15, -0.1) is 12.4 Å². The first-order valence-corrected chi connectivity index (χ1v) is 10.2. The van der Waals surface area contributed by atoms with Crippen molar-refractivity contribution in [2.45, 2.75) is 32.1 Å². The van der Waals surface area contributed by atoms with Gasteiger partial charge >= 0.3 is 0 Å². The summed E-state index contributed by atoms with van der Waals surface area (Å²) in [4.78, 5) is 18.9. The third kappa shape index (κ3) is 5.65. The first-order valence-electron chi connectivity index (χ1n) is 9.87. The Morgan fingerprint density at radius 2 is 1.77 bits per heavy atom. The standard InChI is InChI=1S/C23H22ClN5O.ClH/c24-20-7-5-19(6-8-20)14-28-10-9-22(23(28)30)27-13-21-12-26-16-29(21)15-18-3-1-17(11-25)2-4-18;/h1-8,12,16,22,27H,9-10,13-15H2;1H/t22-;/m0./s1. The summed E-state index contributed by atoms with van der Waals surface area (Å²) in [6, 6.07) is 17.1. The number of likely N-dealkylation sites (tertiary alicyclic amines) is 1. The molecule has 160 valence electrons. The molecule has 1 fully saturated rings. The van der Waals surface area contributed by atoms with Crippen LogP contribution in [-0.2, 0) is 24.4 Å². The molecule has 1 saturated heterocycles. The fraction of sp³-hybridized carbons (Fsp3) is 0.261. The van der Waals surface area contributed by atoms with Gasteiger partial charge in [0.25, 0.3) is 0 Å². The minimum atomic E-state index is -0.185. The predicted molar refractivity (Wildman–Crippen MR) is 122 cm³/mol. The number of nitrogens with one attached hydrogen (secondary N) is 1. The second-order valence-electron chi connectivity index (χ2n) is 7.43. The van der Waals surface area contributed by atoms with Crippen molar-refractivity contribution < 1.29 is 4.79 Å². The Balaban J connectivity index is 0.00000272. The lowest BCUT2D eigenvalue weighted by molar-refractivity contribution is -0.129. The number of amides is 1. The van der Waals surface area contributed by atoms with Gasteiger partial charge in [0.2, 0.25) is 5.91 Å². The molecule has 1 aliphatic rings. The minimum absolute atomic E-state index is 0. The molecule has 3 aromatic rings. The number of rotatable bonds is 7.